The molecular formula is C5H10O2S. The lowest BCUT2D eigenvalue weighted by molar-refractivity contribution is -0.117. The zero-order valence-electron chi connectivity index (χ0n) is 5.05. The zero-order valence-corrected chi connectivity index (χ0v) is 5.86. The molecule has 0 aliphatic carbocycles. The molecule has 0 aromatic rings. The minimum absolute atomic E-state index is 0.470. The van der Waals surface area contributed by atoms with Crippen molar-refractivity contribution in [2.45, 2.75) is 18.3 Å². The largest absolute Gasteiger partial charge is 0.373 e. The van der Waals surface area contributed by atoms with Crippen molar-refractivity contribution in [3.63, 3.8) is 0 Å². The normalized spacial score (nSPS) is 17.4. The van der Waals surface area contributed by atoms with Crippen LogP contribution in [-0.2, 0) is 4.79 Å². The van der Waals surface area contributed by atoms with Crippen molar-refractivity contribution < 1.29 is 9.90 Å². The summed E-state index contributed by atoms with van der Waals surface area (Å²) in [4.78, 5) is 8.88. The van der Waals surface area contributed by atoms with E-state index in [1.165, 1.54) is 0 Å². The molecule has 3 heteroatoms. The summed E-state index contributed by atoms with van der Waals surface area (Å²) in [5.74, 6) is 0. The van der Waals surface area contributed by atoms with Gasteiger partial charge in [-0.05, 0) is 12.7 Å². The van der Waals surface area contributed by atoms with E-state index in [0.29, 0.717) is 12.7 Å². The Kier molecular flexibility index (Phi) is 3.09. The highest BCUT2D eigenvalue weighted by Crippen LogP contribution is 2.19. The van der Waals surface area contributed by atoms with Gasteiger partial charge in [0.25, 0.3) is 0 Å². The van der Waals surface area contributed by atoms with Crippen LogP contribution in [0, 0.1) is 0 Å². The number of hydrogen-bond donors (Lipinski definition) is 1. The van der Waals surface area contributed by atoms with Gasteiger partial charge in [0.1, 0.15) is 0 Å². The lowest BCUT2D eigenvalue weighted by Crippen LogP contribution is -2.23. The Bertz CT molecular complexity index is 78.5. The van der Waals surface area contributed by atoms with Crippen LogP contribution in [0.1, 0.15) is 13.3 Å². The lowest BCUT2D eigenvalue weighted by Gasteiger charge is -2.14. The monoisotopic (exact) mass is 134 g/mol. The van der Waals surface area contributed by atoms with E-state index in [9.17, 15) is 4.79 Å². The molecule has 0 saturated heterocycles. The van der Waals surface area contributed by atoms with Crippen LogP contribution in [0.5, 0.6) is 0 Å². The van der Waals surface area contributed by atoms with Gasteiger partial charge >= 0.3 is 0 Å². The summed E-state index contributed by atoms with van der Waals surface area (Å²) in [6.45, 7) is 1.77. The predicted molar refractivity (Wildman–Crippen MR) is 34.8 cm³/mol. The Balaban J connectivity index is 3.76. The Morgan fingerprint density at radius 3 is 2.38 bits per heavy atom. The number of aliphatic hydroxyl groups is 1. The van der Waals surface area contributed by atoms with Gasteiger partial charge in [-0.1, -0.05) is 6.92 Å². The first-order valence-corrected chi connectivity index (χ1v) is 3.65. The van der Waals surface area contributed by atoms with Crippen LogP contribution in [-0.4, -0.2) is 22.6 Å². The molecule has 48 valence electrons. The predicted octanol–water partition coefficient (Wildman–Crippen LogP) is 0.647. The minimum Gasteiger partial charge on any atom is -0.373 e. The smallest absolute Gasteiger partial charge is 0.165 e. The second-order valence-electron chi connectivity index (χ2n) is 1.52. The number of hydrogen-bond acceptors (Lipinski definition) is 3. The van der Waals surface area contributed by atoms with Gasteiger partial charge in [-0.15, -0.1) is 11.8 Å². The minimum atomic E-state index is -1.14. The topological polar surface area (TPSA) is 37.3 Å². The maximum Gasteiger partial charge on any atom is 0.165 e. The Morgan fingerprint density at radius 2 is 2.38 bits per heavy atom. The zero-order chi connectivity index (χ0) is 6.62. The van der Waals surface area contributed by atoms with Crippen molar-refractivity contribution in [1.29, 1.82) is 0 Å². The van der Waals surface area contributed by atoms with Gasteiger partial charge in [0.2, 0.25) is 0 Å². The Hall–Kier alpha value is -0.0200. The maximum absolute atomic E-state index is 10.0. The number of rotatable bonds is 3. The van der Waals surface area contributed by atoms with Gasteiger partial charge in [0, 0.05) is 0 Å². The standard InChI is InChI=1S/C5H10O2S/c1-3-5(7,4-6)8-2/h4,7H,3H2,1-2H3. The van der Waals surface area contributed by atoms with Crippen LogP contribution in [0.4, 0.5) is 0 Å². The van der Waals surface area contributed by atoms with Gasteiger partial charge in [0.15, 0.2) is 11.2 Å². The van der Waals surface area contributed by atoms with Gasteiger partial charge < -0.3 is 5.11 Å². The maximum atomic E-state index is 10.0. The molecule has 0 saturated carbocycles. The van der Waals surface area contributed by atoms with Gasteiger partial charge in [-0.25, -0.2) is 0 Å². The molecule has 0 bridgehead atoms. The molecule has 0 heterocycles. The van der Waals surface area contributed by atoms with Crippen molar-refractivity contribution in [2.75, 3.05) is 6.26 Å². The quantitative estimate of drug-likeness (QED) is 0.455. The van der Waals surface area contributed by atoms with E-state index in [1.54, 1.807) is 13.2 Å². The van der Waals surface area contributed by atoms with Gasteiger partial charge in [-0.2, -0.15) is 0 Å². The molecule has 0 amide bonds. The third-order valence-electron chi connectivity index (χ3n) is 1.04. The van der Waals surface area contributed by atoms with Gasteiger partial charge in [0.05, 0.1) is 0 Å². The third kappa shape index (κ3) is 1.84. The van der Waals surface area contributed by atoms with Crippen LogP contribution >= 0.6 is 11.8 Å². The van der Waals surface area contributed by atoms with Gasteiger partial charge in [-0.3, -0.25) is 4.79 Å². The summed E-state index contributed by atoms with van der Waals surface area (Å²) in [5.41, 5.74) is 0. The average Bonchev–Trinajstić information content (AvgIpc) is 1.87. The second kappa shape index (κ2) is 3.10. The molecule has 8 heavy (non-hydrogen) atoms. The van der Waals surface area contributed by atoms with Crippen LogP contribution in [0.2, 0.25) is 0 Å². The van der Waals surface area contributed by atoms with Crippen molar-refractivity contribution in [3.8, 4) is 0 Å². The molecule has 0 fully saturated rings. The summed E-state index contributed by atoms with van der Waals surface area (Å²) in [5, 5.41) is 9.03. The summed E-state index contributed by atoms with van der Waals surface area (Å²) in [6.07, 6.45) is 2.74. The molecule has 2 nitrogen and oxygen atoms in total. The highest BCUT2D eigenvalue weighted by atomic mass is 32.2. The van der Waals surface area contributed by atoms with E-state index in [-0.39, 0.29) is 0 Å². The molecule has 0 spiro atoms. The second-order valence-corrected chi connectivity index (χ2v) is 2.64. The molecule has 0 radical (unpaired) electrons. The highest BCUT2D eigenvalue weighted by Gasteiger charge is 2.20. The molecule has 0 aromatic carbocycles. The Labute approximate surface area is 53.3 Å². The summed E-state index contributed by atoms with van der Waals surface area (Å²) < 4.78 is 0. The molecular weight excluding hydrogens is 124 g/mol. The number of thioether (sulfide) groups is 1. The van der Waals surface area contributed by atoms with Crippen molar-refractivity contribution in [1.82, 2.24) is 0 Å². The number of carbonyl (C=O) groups is 1. The summed E-state index contributed by atoms with van der Waals surface area (Å²) >= 11 is 1.16. The first-order chi connectivity index (χ1) is 3.68. The lowest BCUT2D eigenvalue weighted by atomic mass is 10.3. The van der Waals surface area contributed by atoms with E-state index in [2.05, 4.69) is 0 Å². The fourth-order valence-corrected chi connectivity index (χ4v) is 0.661. The van der Waals surface area contributed by atoms with Crippen LogP contribution in [0.15, 0.2) is 0 Å². The Morgan fingerprint density at radius 1 is 1.88 bits per heavy atom. The summed E-state index contributed by atoms with van der Waals surface area (Å²) in [6, 6.07) is 0. The summed E-state index contributed by atoms with van der Waals surface area (Å²) in [7, 11) is 0. The SMILES string of the molecule is CCC(O)(C=O)SC. The molecule has 0 rings (SSSR count). The van der Waals surface area contributed by atoms with E-state index in [4.69, 9.17) is 5.11 Å². The molecule has 0 aliphatic heterocycles. The van der Waals surface area contributed by atoms with Crippen molar-refractivity contribution >= 4 is 18.0 Å². The van der Waals surface area contributed by atoms with E-state index >= 15 is 0 Å². The molecule has 0 aliphatic rings. The molecule has 1 unspecified atom stereocenters. The number of aldehydes is 1. The van der Waals surface area contributed by atoms with E-state index in [0.717, 1.165) is 11.8 Å². The van der Waals surface area contributed by atoms with Crippen LogP contribution < -0.4 is 0 Å². The van der Waals surface area contributed by atoms with Crippen molar-refractivity contribution in [2.24, 2.45) is 0 Å². The first-order valence-electron chi connectivity index (χ1n) is 2.42. The first kappa shape index (κ1) is 7.98. The molecule has 0 aromatic heterocycles. The molecule has 1 atom stereocenters. The third-order valence-corrected chi connectivity index (χ3v) is 2.14. The fourth-order valence-electron chi connectivity index (χ4n) is 0.276. The van der Waals surface area contributed by atoms with Crippen LogP contribution in [0.25, 0.3) is 0 Å². The molecule has 1 N–H and O–H groups in total. The average molecular weight is 134 g/mol. The van der Waals surface area contributed by atoms with E-state index < -0.39 is 4.93 Å². The fraction of sp³-hybridized carbons (Fsp3) is 0.800. The van der Waals surface area contributed by atoms with Crippen LogP contribution in [0.3, 0.4) is 0 Å². The van der Waals surface area contributed by atoms with E-state index in [1.807, 2.05) is 0 Å². The highest BCUT2D eigenvalue weighted by molar-refractivity contribution is 8.00. The number of carbonyl (C=O) groups excluding carboxylic acids is 1. The van der Waals surface area contributed by atoms with Crippen molar-refractivity contribution in [3.05, 3.63) is 0 Å².